The monoisotopic (exact) mass is 436 g/mol. The van der Waals surface area contributed by atoms with E-state index in [2.05, 4.69) is 10.1 Å². The summed E-state index contributed by atoms with van der Waals surface area (Å²) in [6.45, 7) is 3.59. The molecule has 7 nitrogen and oxygen atoms in total. The summed E-state index contributed by atoms with van der Waals surface area (Å²) < 4.78 is 28.1. The molecule has 0 bridgehead atoms. The Balaban J connectivity index is 1.32. The summed E-state index contributed by atoms with van der Waals surface area (Å²) in [4.78, 5) is 19.0. The molecule has 3 aromatic rings. The number of hydrogen-bond acceptors (Lipinski definition) is 5. The lowest BCUT2D eigenvalue weighted by atomic mass is 10.0. The third kappa shape index (κ3) is 3.86. The van der Waals surface area contributed by atoms with E-state index in [1.165, 1.54) is 6.07 Å². The summed E-state index contributed by atoms with van der Waals surface area (Å²) in [7, 11) is 1.84. The molecule has 0 spiro atoms. The maximum absolute atomic E-state index is 14.9. The second-order valence-electron chi connectivity index (χ2n) is 8.37. The highest BCUT2D eigenvalue weighted by Gasteiger charge is 2.32. The first-order valence-electron chi connectivity index (χ1n) is 10.8. The lowest BCUT2D eigenvalue weighted by Gasteiger charge is -2.17. The van der Waals surface area contributed by atoms with Crippen LogP contribution in [0.2, 0.25) is 0 Å². The van der Waals surface area contributed by atoms with Crippen molar-refractivity contribution >= 4 is 5.91 Å². The van der Waals surface area contributed by atoms with Gasteiger partial charge in [0.2, 0.25) is 5.88 Å². The number of amides is 1. The fourth-order valence-electron chi connectivity index (χ4n) is 4.39. The second kappa shape index (κ2) is 8.35. The number of aryl methyl sites for hydroxylation is 2. The molecule has 4 heterocycles. The van der Waals surface area contributed by atoms with Crippen molar-refractivity contribution in [2.24, 2.45) is 7.05 Å². The summed E-state index contributed by atoms with van der Waals surface area (Å²) in [5.74, 6) is -0.210. The fourth-order valence-corrected chi connectivity index (χ4v) is 4.39. The minimum Gasteiger partial charge on any atom is -0.474 e. The number of aromatic nitrogens is 3. The van der Waals surface area contributed by atoms with Crippen molar-refractivity contribution in [2.75, 3.05) is 13.2 Å². The molecular formula is C24H25FN4O3. The van der Waals surface area contributed by atoms with Gasteiger partial charge in [-0.25, -0.2) is 9.37 Å². The van der Waals surface area contributed by atoms with Crippen molar-refractivity contribution < 1.29 is 18.7 Å². The lowest BCUT2D eigenvalue weighted by molar-refractivity contribution is 0.0643. The van der Waals surface area contributed by atoms with Gasteiger partial charge in [0.1, 0.15) is 18.0 Å². The number of halogens is 1. The Kier molecular flexibility index (Phi) is 5.38. The van der Waals surface area contributed by atoms with Crippen LogP contribution in [-0.4, -0.2) is 44.9 Å². The van der Waals surface area contributed by atoms with Crippen LogP contribution >= 0.6 is 0 Å². The summed E-state index contributed by atoms with van der Waals surface area (Å²) >= 11 is 0. The molecule has 1 amide bonds. The molecule has 1 unspecified atom stereocenters. The number of hydrogen-bond donors (Lipinski definition) is 0. The van der Waals surface area contributed by atoms with Gasteiger partial charge in [-0.3, -0.25) is 9.48 Å². The largest absolute Gasteiger partial charge is 0.474 e. The number of benzene rings is 1. The minimum absolute atomic E-state index is 0.0383. The Morgan fingerprint density at radius 1 is 1.31 bits per heavy atom. The molecule has 1 atom stereocenters. The predicted octanol–water partition coefficient (Wildman–Crippen LogP) is 3.64. The smallest absolute Gasteiger partial charge is 0.260 e. The van der Waals surface area contributed by atoms with E-state index in [4.69, 9.17) is 9.47 Å². The molecule has 2 aromatic heterocycles. The van der Waals surface area contributed by atoms with Crippen LogP contribution < -0.4 is 4.74 Å². The van der Waals surface area contributed by atoms with Crippen LogP contribution in [0.3, 0.4) is 0 Å². The van der Waals surface area contributed by atoms with E-state index < -0.39 is 0 Å². The first-order chi connectivity index (χ1) is 15.5. The zero-order valence-electron chi connectivity index (χ0n) is 18.2. The van der Waals surface area contributed by atoms with Gasteiger partial charge in [0, 0.05) is 50.3 Å². The number of nitrogens with zero attached hydrogens (tertiary/aromatic N) is 4. The molecule has 1 saturated heterocycles. The summed E-state index contributed by atoms with van der Waals surface area (Å²) in [6, 6.07) is 6.93. The van der Waals surface area contributed by atoms with E-state index in [1.807, 2.05) is 32.3 Å². The van der Waals surface area contributed by atoms with Crippen LogP contribution in [0.5, 0.6) is 5.88 Å². The molecule has 0 saturated carbocycles. The molecule has 2 aliphatic rings. The SMILES string of the molecule is Cc1nn(C)cc1-c1ccc(CN2Cc3ccnc(OCC4CCCO4)c3C2=O)c(F)c1. The van der Waals surface area contributed by atoms with Gasteiger partial charge in [0.15, 0.2) is 0 Å². The predicted molar refractivity (Wildman–Crippen MR) is 116 cm³/mol. The van der Waals surface area contributed by atoms with Gasteiger partial charge in [-0.1, -0.05) is 12.1 Å². The maximum atomic E-state index is 14.9. The van der Waals surface area contributed by atoms with Gasteiger partial charge in [-0.05, 0) is 43.0 Å². The summed E-state index contributed by atoms with van der Waals surface area (Å²) in [5.41, 5.74) is 4.27. The van der Waals surface area contributed by atoms with Crippen LogP contribution in [0, 0.1) is 12.7 Å². The molecule has 1 aromatic carbocycles. The number of rotatable bonds is 6. The van der Waals surface area contributed by atoms with E-state index in [1.54, 1.807) is 21.8 Å². The molecule has 5 rings (SSSR count). The van der Waals surface area contributed by atoms with Gasteiger partial charge in [-0.2, -0.15) is 5.10 Å². The van der Waals surface area contributed by atoms with Crippen molar-refractivity contribution in [2.45, 2.75) is 39.0 Å². The average molecular weight is 436 g/mol. The summed E-state index contributed by atoms with van der Waals surface area (Å²) in [5, 5.41) is 4.32. The third-order valence-corrected chi connectivity index (χ3v) is 6.03. The standard InChI is InChI=1S/C24H25FN4O3/c1-15-20(13-28(2)27-15)16-5-6-17(21(25)10-16)11-29-12-18-7-8-26-23(22(18)24(29)30)32-14-19-4-3-9-31-19/h5-8,10,13,19H,3-4,9,11-12,14H2,1-2H3. The van der Waals surface area contributed by atoms with E-state index >= 15 is 0 Å². The Bertz CT molecular complexity index is 1170. The molecule has 166 valence electrons. The van der Waals surface area contributed by atoms with Crippen molar-refractivity contribution in [1.82, 2.24) is 19.7 Å². The fraction of sp³-hybridized carbons (Fsp3) is 0.375. The first kappa shape index (κ1) is 20.6. The molecule has 0 radical (unpaired) electrons. The summed E-state index contributed by atoms with van der Waals surface area (Å²) in [6.07, 6.45) is 5.52. The highest BCUT2D eigenvalue weighted by Crippen LogP contribution is 2.32. The van der Waals surface area contributed by atoms with Gasteiger partial charge in [0.05, 0.1) is 11.8 Å². The van der Waals surface area contributed by atoms with Crippen LogP contribution in [-0.2, 0) is 24.9 Å². The Morgan fingerprint density at radius 2 is 2.19 bits per heavy atom. The van der Waals surface area contributed by atoms with Crippen LogP contribution in [0.4, 0.5) is 4.39 Å². The number of fused-ring (bicyclic) bond motifs is 1. The van der Waals surface area contributed by atoms with E-state index in [0.717, 1.165) is 41.8 Å². The van der Waals surface area contributed by atoms with E-state index in [9.17, 15) is 9.18 Å². The Hall–Kier alpha value is -3.26. The normalized spacial score (nSPS) is 17.8. The Labute approximate surface area is 185 Å². The quantitative estimate of drug-likeness (QED) is 0.590. The number of pyridine rings is 1. The topological polar surface area (TPSA) is 69.5 Å². The van der Waals surface area contributed by atoms with Gasteiger partial charge < -0.3 is 14.4 Å². The van der Waals surface area contributed by atoms with Crippen LogP contribution in [0.25, 0.3) is 11.1 Å². The third-order valence-electron chi connectivity index (χ3n) is 6.03. The minimum atomic E-state index is -0.345. The van der Waals surface area contributed by atoms with Gasteiger partial charge in [-0.15, -0.1) is 0 Å². The molecule has 32 heavy (non-hydrogen) atoms. The van der Waals surface area contributed by atoms with E-state index in [0.29, 0.717) is 30.2 Å². The van der Waals surface area contributed by atoms with Crippen molar-refractivity contribution in [3.63, 3.8) is 0 Å². The molecule has 0 aliphatic carbocycles. The average Bonchev–Trinajstić information content (AvgIpc) is 3.48. The number of ether oxygens (including phenoxy) is 2. The second-order valence-corrected chi connectivity index (χ2v) is 8.37. The van der Waals surface area contributed by atoms with Crippen LogP contribution in [0.1, 0.15) is 40.0 Å². The highest BCUT2D eigenvalue weighted by atomic mass is 19.1. The van der Waals surface area contributed by atoms with Crippen molar-refractivity contribution in [3.8, 4) is 17.0 Å². The molecule has 8 heteroatoms. The highest BCUT2D eigenvalue weighted by molar-refractivity contribution is 6.00. The number of carbonyl (C=O) groups is 1. The molecule has 1 fully saturated rings. The van der Waals surface area contributed by atoms with Crippen molar-refractivity contribution in [3.05, 3.63) is 64.9 Å². The zero-order valence-corrected chi connectivity index (χ0v) is 18.2. The first-order valence-corrected chi connectivity index (χ1v) is 10.8. The van der Waals surface area contributed by atoms with Gasteiger partial charge in [0.25, 0.3) is 5.91 Å². The van der Waals surface area contributed by atoms with Crippen molar-refractivity contribution in [1.29, 1.82) is 0 Å². The molecule has 0 N–H and O–H groups in total. The van der Waals surface area contributed by atoms with Gasteiger partial charge >= 0.3 is 0 Å². The molecule has 2 aliphatic heterocycles. The van der Waals surface area contributed by atoms with Crippen LogP contribution in [0.15, 0.2) is 36.7 Å². The van der Waals surface area contributed by atoms with E-state index in [-0.39, 0.29) is 24.4 Å². The lowest BCUT2D eigenvalue weighted by Crippen LogP contribution is -2.24. The molecular weight excluding hydrogens is 411 g/mol. The Morgan fingerprint density at radius 3 is 2.91 bits per heavy atom. The number of carbonyl (C=O) groups excluding carboxylic acids is 1. The zero-order chi connectivity index (χ0) is 22.2. The maximum Gasteiger partial charge on any atom is 0.260 e.